The van der Waals surface area contributed by atoms with Crippen molar-refractivity contribution < 1.29 is 9.53 Å². The maximum atomic E-state index is 12.4. The lowest BCUT2D eigenvalue weighted by Crippen LogP contribution is -2.41. The molecule has 1 aromatic carbocycles. The number of benzene rings is 1. The number of hydrogen-bond acceptors (Lipinski definition) is 3. The summed E-state index contributed by atoms with van der Waals surface area (Å²) in [7, 11) is 0. The fraction of sp³-hybridized carbons (Fsp3) is 0.312. The molecular weight excluding hydrogens is 337 g/mol. The van der Waals surface area contributed by atoms with Gasteiger partial charge < -0.3 is 20.8 Å². The normalized spacial score (nSPS) is 18.3. The number of ether oxygens (including phenoxy) is 1. The summed E-state index contributed by atoms with van der Waals surface area (Å²) < 4.78 is 5.96. The van der Waals surface area contributed by atoms with Crippen molar-refractivity contribution >= 4 is 35.6 Å². The highest BCUT2D eigenvalue weighted by Gasteiger charge is 2.34. The maximum absolute atomic E-state index is 12.4. The van der Waals surface area contributed by atoms with E-state index in [1.807, 2.05) is 26.0 Å². The topological polar surface area (TPSA) is 80.1 Å². The van der Waals surface area contributed by atoms with E-state index in [1.165, 1.54) is 0 Å². The van der Waals surface area contributed by atoms with E-state index in [0.29, 0.717) is 22.8 Å². The van der Waals surface area contributed by atoms with Crippen molar-refractivity contribution in [2.24, 2.45) is 0 Å². The number of aromatic amines is 1. The molecule has 1 aliphatic heterocycles. The molecule has 23 heavy (non-hydrogen) atoms. The van der Waals surface area contributed by atoms with Crippen LogP contribution in [0.25, 0.3) is 0 Å². The van der Waals surface area contributed by atoms with E-state index in [2.05, 4.69) is 10.3 Å². The molecule has 0 fully saturated rings. The zero-order valence-corrected chi connectivity index (χ0v) is 14.4. The Morgan fingerprint density at radius 1 is 1.43 bits per heavy atom. The number of nitrogens with two attached hydrogens (primary N) is 1. The number of hydrogen-bond donors (Lipinski definition) is 3. The molecule has 0 saturated heterocycles. The molecule has 7 heteroatoms. The van der Waals surface area contributed by atoms with Gasteiger partial charge in [0, 0.05) is 23.9 Å². The minimum absolute atomic E-state index is 0. The van der Waals surface area contributed by atoms with E-state index in [0.717, 1.165) is 11.3 Å². The van der Waals surface area contributed by atoms with Gasteiger partial charge in [-0.25, -0.2) is 0 Å². The number of halogens is 2. The van der Waals surface area contributed by atoms with Crippen LogP contribution in [-0.2, 0) is 0 Å². The van der Waals surface area contributed by atoms with Gasteiger partial charge in [-0.3, -0.25) is 4.79 Å². The van der Waals surface area contributed by atoms with E-state index >= 15 is 0 Å². The highest BCUT2D eigenvalue weighted by Crippen LogP contribution is 2.40. The second-order valence-electron chi connectivity index (χ2n) is 6.12. The second kappa shape index (κ2) is 6.34. The predicted octanol–water partition coefficient (Wildman–Crippen LogP) is 3.70. The minimum Gasteiger partial charge on any atom is -0.487 e. The molecule has 3 rings (SSSR count). The number of rotatable bonds is 2. The first-order valence-electron chi connectivity index (χ1n) is 7.07. The number of carbonyl (C=O) groups excluding carboxylic acids is 1. The summed E-state index contributed by atoms with van der Waals surface area (Å²) in [5.74, 6) is 0.545. The van der Waals surface area contributed by atoms with Crippen molar-refractivity contribution in [1.29, 1.82) is 0 Å². The number of carbonyl (C=O) groups is 1. The van der Waals surface area contributed by atoms with E-state index in [1.54, 1.807) is 18.3 Å². The first-order chi connectivity index (χ1) is 10.3. The Morgan fingerprint density at radius 3 is 2.83 bits per heavy atom. The Morgan fingerprint density at radius 2 is 2.17 bits per heavy atom. The molecule has 1 unspecified atom stereocenters. The average Bonchev–Trinajstić information content (AvgIpc) is 2.85. The lowest BCUT2D eigenvalue weighted by Gasteiger charge is -2.38. The second-order valence-corrected chi connectivity index (χ2v) is 6.56. The van der Waals surface area contributed by atoms with Crippen LogP contribution in [-0.4, -0.2) is 16.5 Å². The van der Waals surface area contributed by atoms with Gasteiger partial charge in [0.05, 0.1) is 11.1 Å². The number of fused-ring (bicyclic) bond motifs is 1. The molecule has 1 atom stereocenters. The molecule has 124 valence electrons. The lowest BCUT2D eigenvalue weighted by atomic mass is 9.89. The predicted molar refractivity (Wildman–Crippen MR) is 93.4 cm³/mol. The summed E-state index contributed by atoms with van der Waals surface area (Å²) in [5, 5.41) is 3.53. The molecular formula is C16H19Cl2N3O2. The van der Waals surface area contributed by atoms with Crippen LogP contribution in [0.3, 0.4) is 0 Å². The highest BCUT2D eigenvalue weighted by molar-refractivity contribution is 6.30. The van der Waals surface area contributed by atoms with Crippen LogP contribution in [0, 0.1) is 0 Å². The first-order valence-corrected chi connectivity index (χ1v) is 7.45. The molecule has 5 nitrogen and oxygen atoms in total. The summed E-state index contributed by atoms with van der Waals surface area (Å²) in [6.07, 6.45) is 2.24. The Bertz CT molecular complexity index is 728. The van der Waals surface area contributed by atoms with Crippen molar-refractivity contribution in [1.82, 2.24) is 10.3 Å². The summed E-state index contributed by atoms with van der Waals surface area (Å²) in [6.45, 7) is 3.99. The van der Waals surface area contributed by atoms with E-state index < -0.39 is 0 Å². The number of aromatic nitrogens is 1. The van der Waals surface area contributed by atoms with E-state index in [9.17, 15) is 4.79 Å². The van der Waals surface area contributed by atoms with Crippen LogP contribution in [0.1, 0.15) is 42.4 Å². The number of H-pyrrole nitrogens is 1. The monoisotopic (exact) mass is 355 g/mol. The Hall–Kier alpha value is -1.85. The third-order valence-corrected chi connectivity index (χ3v) is 3.91. The maximum Gasteiger partial charge on any atom is 0.268 e. The summed E-state index contributed by atoms with van der Waals surface area (Å²) >= 11 is 5.85. The van der Waals surface area contributed by atoms with Gasteiger partial charge in [-0.05, 0) is 38.1 Å². The van der Waals surface area contributed by atoms with Crippen molar-refractivity contribution in [2.45, 2.75) is 31.9 Å². The largest absolute Gasteiger partial charge is 0.487 e. The molecule has 0 radical (unpaired) electrons. The first kappa shape index (κ1) is 17.5. The number of amides is 1. The van der Waals surface area contributed by atoms with Crippen molar-refractivity contribution in [3.63, 3.8) is 0 Å². The molecule has 0 saturated carbocycles. The van der Waals surface area contributed by atoms with E-state index in [4.69, 9.17) is 22.1 Å². The van der Waals surface area contributed by atoms with Crippen LogP contribution in [0.15, 0.2) is 30.5 Å². The summed E-state index contributed by atoms with van der Waals surface area (Å²) in [6, 6.07) is 6.91. The Balaban J connectivity index is 0.00000192. The third-order valence-electron chi connectivity index (χ3n) is 3.69. The standard InChI is InChI=1S/C16H18ClN3O2.ClH/c1-16(2)7-13(11-6-10(18)3-4-14(11)22-16)20-15(21)12-5-9(17)8-19-12;/h3-6,8,13,19H,7,18H2,1-2H3,(H,20,21);1H. The van der Waals surface area contributed by atoms with Gasteiger partial charge in [0.15, 0.2) is 0 Å². The quantitative estimate of drug-likeness (QED) is 0.718. The van der Waals surface area contributed by atoms with Crippen molar-refractivity contribution in [3.8, 4) is 5.75 Å². The average molecular weight is 356 g/mol. The van der Waals surface area contributed by atoms with Gasteiger partial charge in [-0.15, -0.1) is 12.4 Å². The molecule has 2 heterocycles. The van der Waals surface area contributed by atoms with Gasteiger partial charge in [0.2, 0.25) is 0 Å². The zero-order valence-electron chi connectivity index (χ0n) is 12.9. The van der Waals surface area contributed by atoms with Crippen LogP contribution in [0.5, 0.6) is 5.75 Å². The van der Waals surface area contributed by atoms with Crippen LogP contribution >= 0.6 is 24.0 Å². The SMILES string of the molecule is CC1(C)CC(NC(=O)c2cc(Cl)c[nH]2)c2cc(N)ccc2O1.Cl. The zero-order chi connectivity index (χ0) is 15.9. The number of nitrogens with one attached hydrogen (secondary N) is 2. The molecule has 0 bridgehead atoms. The molecule has 1 aromatic heterocycles. The van der Waals surface area contributed by atoms with Gasteiger partial charge in [-0.1, -0.05) is 11.6 Å². The van der Waals surface area contributed by atoms with Crippen molar-refractivity contribution in [2.75, 3.05) is 5.73 Å². The highest BCUT2D eigenvalue weighted by atomic mass is 35.5. The van der Waals surface area contributed by atoms with Gasteiger partial charge >= 0.3 is 0 Å². The molecule has 2 aromatic rings. The Labute approximate surface area is 146 Å². The fourth-order valence-corrected chi connectivity index (χ4v) is 2.90. The molecule has 1 aliphatic rings. The summed E-state index contributed by atoms with van der Waals surface area (Å²) in [5.41, 5.74) is 7.47. The molecule has 4 N–H and O–H groups in total. The number of anilines is 1. The van der Waals surface area contributed by atoms with Gasteiger partial charge in [0.1, 0.15) is 17.0 Å². The van der Waals surface area contributed by atoms with E-state index in [-0.39, 0.29) is 30.0 Å². The fourth-order valence-electron chi connectivity index (χ4n) is 2.74. The minimum atomic E-state index is -0.367. The van der Waals surface area contributed by atoms with Gasteiger partial charge in [0.25, 0.3) is 5.91 Å². The van der Waals surface area contributed by atoms with Crippen LogP contribution in [0.4, 0.5) is 5.69 Å². The molecule has 0 spiro atoms. The van der Waals surface area contributed by atoms with Gasteiger partial charge in [-0.2, -0.15) is 0 Å². The molecule has 0 aliphatic carbocycles. The van der Waals surface area contributed by atoms with Crippen molar-refractivity contribution in [3.05, 3.63) is 46.7 Å². The smallest absolute Gasteiger partial charge is 0.268 e. The van der Waals surface area contributed by atoms with Crippen LogP contribution < -0.4 is 15.8 Å². The molecule has 1 amide bonds. The third kappa shape index (κ3) is 3.74. The summed E-state index contributed by atoms with van der Waals surface area (Å²) in [4.78, 5) is 15.2. The number of nitrogen functional groups attached to an aromatic ring is 1. The Kier molecular flexibility index (Phi) is 4.82. The van der Waals surface area contributed by atoms with Crippen LogP contribution in [0.2, 0.25) is 5.02 Å². The lowest BCUT2D eigenvalue weighted by molar-refractivity contribution is 0.0619.